The Balaban J connectivity index is 0.00000289. The van der Waals surface area contributed by atoms with Crippen LogP contribution in [0.4, 0.5) is 0 Å². The molecule has 2 aromatic rings. The van der Waals surface area contributed by atoms with Gasteiger partial charge in [0, 0.05) is 57.1 Å². The number of aromatic nitrogens is 2. The highest BCUT2D eigenvalue weighted by atomic mass is 127. The molecule has 0 amide bonds. The fraction of sp³-hybridized carbons (Fsp3) is 0.545. The molecule has 1 N–H and O–H groups in total. The number of benzene rings is 1. The van der Waals surface area contributed by atoms with Crippen LogP contribution in [-0.4, -0.2) is 85.1 Å². The molecule has 2 saturated heterocycles. The number of nitrogens with one attached hydrogen (secondary N) is 1. The molecule has 0 spiro atoms. The van der Waals surface area contributed by atoms with Crippen LogP contribution in [0.2, 0.25) is 5.02 Å². The first-order valence-electron chi connectivity index (χ1n) is 10.8. The molecule has 8 nitrogen and oxygen atoms in total. The molecule has 176 valence electrons. The highest BCUT2D eigenvalue weighted by molar-refractivity contribution is 14.0. The molecule has 1 aromatic heterocycles. The number of halogens is 2. The van der Waals surface area contributed by atoms with E-state index in [1.165, 1.54) is 0 Å². The van der Waals surface area contributed by atoms with E-state index in [2.05, 4.69) is 31.3 Å². The zero-order valence-corrected chi connectivity index (χ0v) is 21.7. The minimum absolute atomic E-state index is 0. The van der Waals surface area contributed by atoms with Crippen LogP contribution in [0.1, 0.15) is 23.3 Å². The molecular weight excluding hydrogens is 543 g/mol. The molecular formula is C22H32ClIN6O2. The number of aliphatic imine (C=N–C) groups is 1. The van der Waals surface area contributed by atoms with Crippen molar-refractivity contribution < 1.29 is 9.47 Å². The van der Waals surface area contributed by atoms with Crippen molar-refractivity contribution in [2.45, 2.75) is 12.1 Å². The van der Waals surface area contributed by atoms with E-state index in [-0.39, 0.29) is 36.1 Å². The van der Waals surface area contributed by atoms with Gasteiger partial charge in [-0.2, -0.15) is 5.10 Å². The number of ether oxygens (including phenoxy) is 2. The Morgan fingerprint density at radius 1 is 1.25 bits per heavy atom. The van der Waals surface area contributed by atoms with Gasteiger partial charge in [0.2, 0.25) is 0 Å². The summed E-state index contributed by atoms with van der Waals surface area (Å²) in [4.78, 5) is 9.24. The first kappa shape index (κ1) is 25.2. The molecule has 0 radical (unpaired) electrons. The number of hydrogen-bond acceptors (Lipinski definition) is 5. The first-order valence-corrected chi connectivity index (χ1v) is 11.2. The minimum Gasteiger partial charge on any atom is -0.379 e. The Hall–Kier alpha value is -1.40. The molecule has 2 unspecified atom stereocenters. The maximum absolute atomic E-state index is 6.57. The van der Waals surface area contributed by atoms with E-state index in [1.54, 1.807) is 4.68 Å². The van der Waals surface area contributed by atoms with Gasteiger partial charge in [0.25, 0.3) is 0 Å². The molecule has 4 rings (SSSR count). The molecule has 3 heterocycles. The van der Waals surface area contributed by atoms with E-state index in [4.69, 9.17) is 21.1 Å². The van der Waals surface area contributed by atoms with Crippen LogP contribution in [0.25, 0.3) is 0 Å². The second kappa shape index (κ2) is 12.2. The van der Waals surface area contributed by atoms with Crippen molar-refractivity contribution in [2.24, 2.45) is 12.0 Å². The summed E-state index contributed by atoms with van der Waals surface area (Å²) in [6.07, 6.45) is 3.87. The van der Waals surface area contributed by atoms with Crippen molar-refractivity contribution in [3.05, 3.63) is 52.8 Å². The van der Waals surface area contributed by atoms with Crippen LogP contribution >= 0.6 is 35.6 Å². The van der Waals surface area contributed by atoms with Crippen molar-refractivity contribution in [2.75, 3.05) is 59.6 Å². The molecule has 10 heteroatoms. The Labute approximate surface area is 211 Å². The van der Waals surface area contributed by atoms with Gasteiger partial charge in [0.15, 0.2) is 5.96 Å². The largest absolute Gasteiger partial charge is 0.379 e. The van der Waals surface area contributed by atoms with E-state index in [9.17, 15) is 0 Å². The van der Waals surface area contributed by atoms with Crippen molar-refractivity contribution in [1.82, 2.24) is 24.9 Å². The van der Waals surface area contributed by atoms with Crippen LogP contribution in [0, 0.1) is 0 Å². The van der Waals surface area contributed by atoms with E-state index < -0.39 is 0 Å². The smallest absolute Gasteiger partial charge is 0.193 e. The average molecular weight is 575 g/mol. The van der Waals surface area contributed by atoms with Crippen LogP contribution in [0.5, 0.6) is 0 Å². The lowest BCUT2D eigenvalue weighted by atomic mass is 10.0. The second-order valence-corrected chi connectivity index (χ2v) is 8.27. The monoisotopic (exact) mass is 574 g/mol. The Morgan fingerprint density at radius 2 is 2.03 bits per heavy atom. The quantitative estimate of drug-likeness (QED) is 0.337. The predicted octanol–water partition coefficient (Wildman–Crippen LogP) is 2.71. The Bertz CT molecular complexity index is 889. The number of guanidine groups is 1. The van der Waals surface area contributed by atoms with Gasteiger partial charge in [-0.25, -0.2) is 0 Å². The van der Waals surface area contributed by atoms with Gasteiger partial charge in [0.05, 0.1) is 38.6 Å². The second-order valence-electron chi connectivity index (χ2n) is 7.87. The van der Waals surface area contributed by atoms with Crippen molar-refractivity contribution >= 4 is 41.5 Å². The summed E-state index contributed by atoms with van der Waals surface area (Å²) in [6, 6.07) is 8.23. The van der Waals surface area contributed by atoms with Gasteiger partial charge in [0.1, 0.15) is 6.10 Å². The van der Waals surface area contributed by atoms with Crippen molar-refractivity contribution in [3.8, 4) is 0 Å². The normalized spacial score (nSPS) is 21.2. The highest BCUT2D eigenvalue weighted by Crippen LogP contribution is 2.28. The van der Waals surface area contributed by atoms with Gasteiger partial charge >= 0.3 is 0 Å². The summed E-state index contributed by atoms with van der Waals surface area (Å²) in [5.41, 5.74) is 2.22. The van der Waals surface area contributed by atoms with Gasteiger partial charge in [-0.05, 0) is 11.6 Å². The summed E-state index contributed by atoms with van der Waals surface area (Å²) in [5, 5.41) is 8.67. The molecule has 0 bridgehead atoms. The lowest BCUT2D eigenvalue weighted by Crippen LogP contribution is -2.50. The van der Waals surface area contributed by atoms with Gasteiger partial charge < -0.3 is 19.7 Å². The standard InChI is InChI=1S/C22H31ClN6O2.HI/c1-24-22(29-9-12-31-21(16-29)17-13-26-27(2)15-17)25-14-20(28-7-10-30-11-8-28)18-5-3-4-6-19(18)23;/h3-6,13,15,20-21H,7-12,14,16H2,1-2H3,(H,24,25);1H. The third-order valence-electron chi connectivity index (χ3n) is 5.88. The Morgan fingerprint density at radius 3 is 2.72 bits per heavy atom. The predicted molar refractivity (Wildman–Crippen MR) is 137 cm³/mol. The van der Waals surface area contributed by atoms with E-state index >= 15 is 0 Å². The molecule has 32 heavy (non-hydrogen) atoms. The summed E-state index contributed by atoms with van der Waals surface area (Å²) < 4.78 is 13.4. The molecule has 1 aromatic carbocycles. The number of nitrogens with zero attached hydrogens (tertiary/aromatic N) is 5. The molecule has 0 aliphatic carbocycles. The molecule has 2 aliphatic heterocycles. The van der Waals surface area contributed by atoms with Gasteiger partial charge in [-0.15, -0.1) is 24.0 Å². The zero-order valence-electron chi connectivity index (χ0n) is 18.6. The molecule has 2 aliphatic rings. The van der Waals surface area contributed by atoms with E-state index in [0.717, 1.165) is 61.5 Å². The van der Waals surface area contributed by atoms with Crippen LogP contribution < -0.4 is 5.32 Å². The fourth-order valence-electron chi connectivity index (χ4n) is 4.24. The SMILES string of the molecule is CN=C(NCC(c1ccccc1Cl)N1CCOCC1)N1CCOC(c2cnn(C)c2)C1.I. The highest BCUT2D eigenvalue weighted by Gasteiger charge is 2.28. The maximum atomic E-state index is 6.57. The molecule has 2 atom stereocenters. The third kappa shape index (κ3) is 6.13. The van der Waals surface area contributed by atoms with Crippen LogP contribution in [-0.2, 0) is 16.5 Å². The van der Waals surface area contributed by atoms with Crippen LogP contribution in [0.3, 0.4) is 0 Å². The lowest BCUT2D eigenvalue weighted by Gasteiger charge is -2.38. The number of morpholine rings is 2. The summed E-state index contributed by atoms with van der Waals surface area (Å²) >= 11 is 6.57. The van der Waals surface area contributed by atoms with Crippen molar-refractivity contribution in [1.29, 1.82) is 0 Å². The fourth-order valence-corrected chi connectivity index (χ4v) is 4.50. The average Bonchev–Trinajstić information content (AvgIpc) is 3.25. The van der Waals surface area contributed by atoms with E-state index in [1.807, 2.05) is 44.7 Å². The topological polar surface area (TPSA) is 67.2 Å². The zero-order chi connectivity index (χ0) is 21.6. The summed E-state index contributed by atoms with van der Waals surface area (Å²) in [6.45, 7) is 6.15. The van der Waals surface area contributed by atoms with Crippen molar-refractivity contribution in [3.63, 3.8) is 0 Å². The number of aryl methyl sites for hydroxylation is 1. The lowest BCUT2D eigenvalue weighted by molar-refractivity contribution is -0.00853. The summed E-state index contributed by atoms with van der Waals surface area (Å²) in [5.74, 6) is 0.877. The third-order valence-corrected chi connectivity index (χ3v) is 6.22. The minimum atomic E-state index is -0.0143. The molecule has 0 saturated carbocycles. The van der Waals surface area contributed by atoms with E-state index in [0.29, 0.717) is 13.2 Å². The number of rotatable bonds is 5. The number of hydrogen-bond donors (Lipinski definition) is 1. The van der Waals surface area contributed by atoms with Gasteiger partial charge in [-0.3, -0.25) is 14.6 Å². The first-order chi connectivity index (χ1) is 15.2. The molecule has 2 fully saturated rings. The Kier molecular flexibility index (Phi) is 9.60. The van der Waals surface area contributed by atoms with Crippen LogP contribution in [0.15, 0.2) is 41.7 Å². The summed E-state index contributed by atoms with van der Waals surface area (Å²) in [7, 11) is 3.75. The van der Waals surface area contributed by atoms with Gasteiger partial charge in [-0.1, -0.05) is 29.8 Å². The maximum Gasteiger partial charge on any atom is 0.193 e.